The molecule has 124 valence electrons. The average Bonchev–Trinajstić information content (AvgIpc) is 3.34. The van der Waals surface area contributed by atoms with Crippen molar-refractivity contribution in [2.24, 2.45) is 11.8 Å². The van der Waals surface area contributed by atoms with Crippen LogP contribution in [0.4, 0.5) is 0 Å². The van der Waals surface area contributed by atoms with Crippen LogP contribution in [0.25, 0.3) is 0 Å². The number of aliphatic carboxylic acids is 1. The van der Waals surface area contributed by atoms with E-state index in [4.69, 9.17) is 5.11 Å². The number of hydrogen-bond acceptors (Lipinski definition) is 3. The largest absolute Gasteiger partial charge is 0.480 e. The number of hydrogen-bond donors (Lipinski definition) is 3. The van der Waals surface area contributed by atoms with E-state index in [-0.39, 0.29) is 17.7 Å². The Hall–Kier alpha value is -2.37. The van der Waals surface area contributed by atoms with Gasteiger partial charge in [-0.05, 0) is 36.5 Å². The first kappa shape index (κ1) is 17.0. The van der Waals surface area contributed by atoms with Crippen LogP contribution in [0.15, 0.2) is 24.3 Å². The van der Waals surface area contributed by atoms with Gasteiger partial charge in [-0.1, -0.05) is 26.0 Å². The standard InChI is InChI=1S/C17H22N2O4/c1-10(2)14(17(22)23)19-16(21)13-5-3-11(4-6-13)9-18-15(20)12-7-8-12/h3-6,10,12,14H,7-9H2,1-2H3,(H,18,20)(H,19,21)(H,22,23). The quantitative estimate of drug-likeness (QED) is 0.711. The zero-order chi connectivity index (χ0) is 17.0. The molecule has 3 N–H and O–H groups in total. The van der Waals surface area contributed by atoms with Crippen LogP contribution in [0.1, 0.15) is 42.6 Å². The van der Waals surface area contributed by atoms with Crippen molar-refractivity contribution in [3.05, 3.63) is 35.4 Å². The first-order valence-corrected chi connectivity index (χ1v) is 7.79. The second-order valence-electron chi connectivity index (χ2n) is 6.22. The van der Waals surface area contributed by atoms with Gasteiger partial charge in [0.15, 0.2) is 0 Å². The number of carboxylic acid groups (broad SMARTS) is 1. The van der Waals surface area contributed by atoms with Gasteiger partial charge in [0.05, 0.1) is 0 Å². The van der Waals surface area contributed by atoms with Crippen molar-refractivity contribution in [1.29, 1.82) is 0 Å². The van der Waals surface area contributed by atoms with Crippen molar-refractivity contribution in [2.75, 3.05) is 0 Å². The molecular weight excluding hydrogens is 296 g/mol. The van der Waals surface area contributed by atoms with E-state index < -0.39 is 17.9 Å². The van der Waals surface area contributed by atoms with E-state index in [1.54, 1.807) is 38.1 Å². The first-order valence-electron chi connectivity index (χ1n) is 7.79. The SMILES string of the molecule is CC(C)C(NC(=O)c1ccc(CNC(=O)C2CC2)cc1)C(=O)O. The molecule has 0 spiro atoms. The molecule has 2 rings (SSSR count). The summed E-state index contributed by atoms with van der Waals surface area (Å²) in [5.74, 6) is -1.42. The highest BCUT2D eigenvalue weighted by Crippen LogP contribution is 2.28. The molecule has 2 amide bonds. The second-order valence-corrected chi connectivity index (χ2v) is 6.22. The molecule has 0 aliphatic heterocycles. The first-order chi connectivity index (χ1) is 10.9. The molecule has 1 aromatic carbocycles. The zero-order valence-electron chi connectivity index (χ0n) is 13.3. The van der Waals surface area contributed by atoms with Crippen LogP contribution in [-0.2, 0) is 16.1 Å². The molecule has 6 heteroatoms. The van der Waals surface area contributed by atoms with Gasteiger partial charge >= 0.3 is 5.97 Å². The van der Waals surface area contributed by atoms with Gasteiger partial charge in [0.25, 0.3) is 5.91 Å². The summed E-state index contributed by atoms with van der Waals surface area (Å²) in [6.07, 6.45) is 1.93. The summed E-state index contributed by atoms with van der Waals surface area (Å²) in [4.78, 5) is 34.8. The monoisotopic (exact) mass is 318 g/mol. The molecule has 0 bridgehead atoms. The van der Waals surface area contributed by atoms with Gasteiger partial charge in [0.2, 0.25) is 5.91 Å². The van der Waals surface area contributed by atoms with Crippen molar-refractivity contribution in [1.82, 2.24) is 10.6 Å². The Labute approximate surface area is 135 Å². The summed E-state index contributed by atoms with van der Waals surface area (Å²) in [7, 11) is 0. The normalized spacial score (nSPS) is 15.1. The highest BCUT2D eigenvalue weighted by molar-refractivity contribution is 5.96. The summed E-state index contributed by atoms with van der Waals surface area (Å²) in [6.45, 7) is 3.91. The molecule has 1 saturated carbocycles. The number of carbonyl (C=O) groups excluding carboxylic acids is 2. The lowest BCUT2D eigenvalue weighted by molar-refractivity contribution is -0.140. The molecule has 1 aromatic rings. The van der Waals surface area contributed by atoms with E-state index in [1.165, 1.54) is 0 Å². The highest BCUT2D eigenvalue weighted by Gasteiger charge is 2.29. The lowest BCUT2D eigenvalue weighted by Crippen LogP contribution is -2.44. The minimum Gasteiger partial charge on any atom is -0.480 e. The summed E-state index contributed by atoms with van der Waals surface area (Å²) < 4.78 is 0. The van der Waals surface area contributed by atoms with Gasteiger partial charge in [-0.3, -0.25) is 9.59 Å². The molecule has 1 aliphatic carbocycles. The Kier molecular flexibility index (Phi) is 5.36. The Balaban J connectivity index is 1.91. The fourth-order valence-electron chi connectivity index (χ4n) is 2.19. The van der Waals surface area contributed by atoms with E-state index in [0.29, 0.717) is 12.1 Å². The smallest absolute Gasteiger partial charge is 0.326 e. The summed E-state index contributed by atoms with van der Waals surface area (Å²) >= 11 is 0. The van der Waals surface area contributed by atoms with Crippen molar-refractivity contribution in [3.8, 4) is 0 Å². The van der Waals surface area contributed by atoms with Gasteiger partial charge in [0, 0.05) is 18.0 Å². The summed E-state index contributed by atoms with van der Waals surface area (Å²) in [6, 6.07) is 5.86. The lowest BCUT2D eigenvalue weighted by atomic mass is 10.0. The molecule has 1 aliphatic rings. The van der Waals surface area contributed by atoms with E-state index in [0.717, 1.165) is 18.4 Å². The Morgan fingerprint density at radius 2 is 1.78 bits per heavy atom. The van der Waals surface area contributed by atoms with E-state index in [9.17, 15) is 14.4 Å². The Morgan fingerprint density at radius 3 is 2.26 bits per heavy atom. The molecule has 1 atom stereocenters. The summed E-state index contributed by atoms with van der Waals surface area (Å²) in [5, 5.41) is 14.5. The number of benzene rings is 1. The van der Waals surface area contributed by atoms with Crippen molar-refractivity contribution >= 4 is 17.8 Å². The van der Waals surface area contributed by atoms with Gasteiger partial charge in [-0.15, -0.1) is 0 Å². The number of carbonyl (C=O) groups is 3. The van der Waals surface area contributed by atoms with Crippen molar-refractivity contribution in [2.45, 2.75) is 39.3 Å². The molecule has 0 radical (unpaired) electrons. The number of nitrogens with one attached hydrogen (secondary N) is 2. The van der Waals surface area contributed by atoms with Crippen LogP contribution in [-0.4, -0.2) is 28.9 Å². The maximum absolute atomic E-state index is 12.1. The predicted octanol–water partition coefficient (Wildman–Crippen LogP) is 1.55. The molecule has 0 aromatic heterocycles. The molecule has 1 fully saturated rings. The van der Waals surface area contributed by atoms with Gasteiger partial charge < -0.3 is 15.7 Å². The Bertz CT molecular complexity index is 591. The van der Waals surface area contributed by atoms with E-state index in [2.05, 4.69) is 10.6 Å². The minimum atomic E-state index is -1.05. The Morgan fingerprint density at radius 1 is 1.17 bits per heavy atom. The van der Waals surface area contributed by atoms with Gasteiger partial charge in [-0.25, -0.2) is 4.79 Å². The average molecular weight is 318 g/mol. The third-order valence-electron chi connectivity index (χ3n) is 3.85. The van der Waals surface area contributed by atoms with Crippen LogP contribution in [0.5, 0.6) is 0 Å². The topological polar surface area (TPSA) is 95.5 Å². The fraction of sp³-hybridized carbons (Fsp3) is 0.471. The third kappa shape index (κ3) is 4.81. The van der Waals surface area contributed by atoms with Crippen LogP contribution in [0.3, 0.4) is 0 Å². The van der Waals surface area contributed by atoms with Crippen LogP contribution < -0.4 is 10.6 Å². The van der Waals surface area contributed by atoms with Crippen LogP contribution in [0.2, 0.25) is 0 Å². The lowest BCUT2D eigenvalue weighted by Gasteiger charge is -2.18. The number of amides is 2. The molecule has 6 nitrogen and oxygen atoms in total. The molecule has 0 heterocycles. The van der Waals surface area contributed by atoms with Gasteiger partial charge in [0.1, 0.15) is 6.04 Å². The highest BCUT2D eigenvalue weighted by atomic mass is 16.4. The zero-order valence-corrected chi connectivity index (χ0v) is 13.3. The van der Waals surface area contributed by atoms with Gasteiger partial charge in [-0.2, -0.15) is 0 Å². The van der Waals surface area contributed by atoms with E-state index in [1.807, 2.05) is 0 Å². The maximum atomic E-state index is 12.1. The van der Waals surface area contributed by atoms with E-state index >= 15 is 0 Å². The maximum Gasteiger partial charge on any atom is 0.326 e. The number of carboxylic acids is 1. The van der Waals surface area contributed by atoms with Crippen molar-refractivity contribution < 1.29 is 19.5 Å². The molecule has 23 heavy (non-hydrogen) atoms. The predicted molar refractivity (Wildman–Crippen MR) is 84.7 cm³/mol. The summed E-state index contributed by atoms with van der Waals surface area (Å²) in [5.41, 5.74) is 1.29. The molecular formula is C17H22N2O4. The second kappa shape index (κ2) is 7.26. The van der Waals surface area contributed by atoms with Crippen LogP contribution >= 0.6 is 0 Å². The molecule has 1 unspecified atom stereocenters. The third-order valence-corrected chi connectivity index (χ3v) is 3.85. The fourth-order valence-corrected chi connectivity index (χ4v) is 2.19. The van der Waals surface area contributed by atoms with Crippen molar-refractivity contribution in [3.63, 3.8) is 0 Å². The molecule has 0 saturated heterocycles. The minimum absolute atomic E-state index is 0.0769. The van der Waals surface area contributed by atoms with Crippen LogP contribution in [0, 0.1) is 11.8 Å². The number of rotatable bonds is 7.